The highest BCUT2D eigenvalue weighted by Gasteiger charge is 2.36. The van der Waals surface area contributed by atoms with Crippen LogP contribution >= 0.6 is 11.6 Å². The number of carbonyl (C=O) groups excluding carboxylic acids is 2. The Morgan fingerprint density at radius 1 is 1.06 bits per heavy atom. The van der Waals surface area contributed by atoms with Crippen molar-refractivity contribution in [3.63, 3.8) is 0 Å². The molecule has 1 aliphatic rings. The predicted octanol–water partition coefficient (Wildman–Crippen LogP) is 5.22. The molecule has 182 valence electrons. The third kappa shape index (κ3) is 4.82. The van der Waals surface area contributed by atoms with Crippen LogP contribution in [0.5, 0.6) is 17.2 Å². The molecule has 0 fully saturated rings. The number of ketones is 1. The van der Waals surface area contributed by atoms with Crippen LogP contribution in [-0.4, -0.2) is 42.9 Å². The first kappa shape index (κ1) is 24.5. The second-order valence-corrected chi connectivity index (χ2v) is 8.79. The number of hydrogen-bond acceptors (Lipinski definition) is 6. The van der Waals surface area contributed by atoms with E-state index in [1.165, 1.54) is 27.5 Å². The Labute approximate surface area is 209 Å². The number of aromatic nitrogens is 1. The number of rotatable bonds is 9. The van der Waals surface area contributed by atoms with E-state index in [0.29, 0.717) is 45.6 Å². The average molecular weight is 495 g/mol. The smallest absolute Gasteiger partial charge is 0.255 e. The van der Waals surface area contributed by atoms with Gasteiger partial charge < -0.3 is 19.1 Å². The molecule has 1 amide bonds. The molecule has 1 aliphatic heterocycles. The molecule has 2 aromatic carbocycles. The lowest BCUT2D eigenvalue weighted by Gasteiger charge is -2.29. The number of ether oxygens (including phenoxy) is 3. The van der Waals surface area contributed by atoms with Gasteiger partial charge in [0.15, 0.2) is 11.5 Å². The first-order chi connectivity index (χ1) is 16.9. The SMILES string of the molecule is COc1cc(C(CC(=O)[C@@H](C)c2ccc(Cl)cn2)N2Cc3ccccc3C2=O)cc(OC)c1OC. The Hall–Kier alpha value is -3.58. The Balaban J connectivity index is 1.74. The highest BCUT2D eigenvalue weighted by molar-refractivity contribution is 6.30. The first-order valence-electron chi connectivity index (χ1n) is 11.2. The minimum atomic E-state index is -0.550. The third-order valence-electron chi connectivity index (χ3n) is 6.37. The van der Waals surface area contributed by atoms with Crippen molar-refractivity contribution in [2.75, 3.05) is 21.3 Å². The van der Waals surface area contributed by atoms with E-state index in [0.717, 1.165) is 5.56 Å². The van der Waals surface area contributed by atoms with Gasteiger partial charge in [0, 0.05) is 24.7 Å². The largest absolute Gasteiger partial charge is 0.493 e. The molecule has 0 N–H and O–H groups in total. The zero-order valence-corrected chi connectivity index (χ0v) is 20.8. The minimum absolute atomic E-state index is 0.0534. The molecule has 1 unspecified atom stereocenters. The summed E-state index contributed by atoms with van der Waals surface area (Å²) >= 11 is 5.96. The van der Waals surface area contributed by atoms with Gasteiger partial charge in [-0.3, -0.25) is 14.6 Å². The van der Waals surface area contributed by atoms with Gasteiger partial charge in [0.2, 0.25) is 5.75 Å². The molecule has 0 aliphatic carbocycles. The number of nitrogens with zero attached hydrogens (tertiary/aromatic N) is 2. The van der Waals surface area contributed by atoms with Crippen molar-refractivity contribution < 1.29 is 23.8 Å². The molecular formula is C27H27ClN2O5. The number of carbonyl (C=O) groups is 2. The number of Topliss-reactive ketones (excluding diaryl/α,β-unsaturated/α-hetero) is 1. The molecule has 2 atom stereocenters. The summed E-state index contributed by atoms with van der Waals surface area (Å²) in [5, 5.41) is 0.504. The average Bonchev–Trinajstić information content (AvgIpc) is 3.22. The molecule has 1 aromatic heterocycles. The summed E-state index contributed by atoms with van der Waals surface area (Å²) in [5.41, 5.74) is 2.91. The predicted molar refractivity (Wildman–Crippen MR) is 132 cm³/mol. The van der Waals surface area contributed by atoms with Crippen molar-refractivity contribution in [1.82, 2.24) is 9.88 Å². The molecule has 3 aromatic rings. The second-order valence-electron chi connectivity index (χ2n) is 8.36. The molecule has 0 bridgehead atoms. The number of halogens is 1. The summed E-state index contributed by atoms with van der Waals surface area (Å²) in [6.07, 6.45) is 1.61. The summed E-state index contributed by atoms with van der Waals surface area (Å²) in [6.45, 7) is 2.21. The van der Waals surface area contributed by atoms with Gasteiger partial charge in [0.1, 0.15) is 5.78 Å². The van der Waals surface area contributed by atoms with Gasteiger partial charge in [-0.15, -0.1) is 0 Å². The van der Waals surface area contributed by atoms with Crippen molar-refractivity contribution >= 4 is 23.3 Å². The lowest BCUT2D eigenvalue weighted by molar-refractivity contribution is -0.121. The normalized spacial score (nSPS) is 14.3. The maximum Gasteiger partial charge on any atom is 0.255 e. The fourth-order valence-corrected chi connectivity index (χ4v) is 4.52. The number of methoxy groups -OCH3 is 3. The van der Waals surface area contributed by atoms with Crippen LogP contribution in [0.4, 0.5) is 0 Å². The van der Waals surface area contributed by atoms with Crippen LogP contribution in [0.2, 0.25) is 5.02 Å². The van der Waals surface area contributed by atoms with Gasteiger partial charge >= 0.3 is 0 Å². The molecule has 8 heteroatoms. The van der Waals surface area contributed by atoms with Crippen molar-refractivity contribution in [3.8, 4) is 17.2 Å². The van der Waals surface area contributed by atoms with Gasteiger partial charge in [0.05, 0.1) is 44.0 Å². The Morgan fingerprint density at radius 2 is 1.74 bits per heavy atom. The summed E-state index contributed by atoms with van der Waals surface area (Å²) in [5.74, 6) is 0.703. The third-order valence-corrected chi connectivity index (χ3v) is 6.59. The zero-order chi connectivity index (χ0) is 25.1. The van der Waals surface area contributed by atoms with Gasteiger partial charge in [-0.05, 0) is 48.4 Å². The van der Waals surface area contributed by atoms with Crippen molar-refractivity contribution in [2.24, 2.45) is 0 Å². The second kappa shape index (κ2) is 10.4. The molecule has 0 saturated heterocycles. The molecule has 4 rings (SSSR count). The molecule has 2 heterocycles. The fourth-order valence-electron chi connectivity index (χ4n) is 4.41. The van der Waals surface area contributed by atoms with Gasteiger partial charge in [-0.25, -0.2) is 0 Å². The zero-order valence-electron chi connectivity index (χ0n) is 20.1. The topological polar surface area (TPSA) is 78.0 Å². The summed E-state index contributed by atoms with van der Waals surface area (Å²) in [6, 6.07) is 14.0. The lowest BCUT2D eigenvalue weighted by Crippen LogP contribution is -2.32. The number of fused-ring (bicyclic) bond motifs is 1. The van der Waals surface area contributed by atoms with E-state index in [1.54, 1.807) is 29.2 Å². The van der Waals surface area contributed by atoms with E-state index >= 15 is 0 Å². The van der Waals surface area contributed by atoms with Crippen molar-refractivity contribution in [2.45, 2.75) is 31.8 Å². The molecule has 35 heavy (non-hydrogen) atoms. The van der Waals surface area contributed by atoms with Crippen LogP contribution in [0.1, 0.15) is 52.5 Å². The van der Waals surface area contributed by atoms with E-state index in [-0.39, 0.29) is 18.1 Å². The maximum absolute atomic E-state index is 13.5. The van der Waals surface area contributed by atoms with E-state index in [2.05, 4.69) is 4.98 Å². The molecular weight excluding hydrogens is 468 g/mol. The number of hydrogen-bond donors (Lipinski definition) is 0. The quantitative estimate of drug-likeness (QED) is 0.406. The van der Waals surface area contributed by atoms with E-state index in [4.69, 9.17) is 25.8 Å². The molecule has 0 radical (unpaired) electrons. The van der Waals surface area contributed by atoms with Crippen LogP contribution in [0.25, 0.3) is 0 Å². The Morgan fingerprint density at radius 3 is 2.31 bits per heavy atom. The Kier molecular flexibility index (Phi) is 7.26. The number of benzene rings is 2. The van der Waals surface area contributed by atoms with Gasteiger partial charge in [0.25, 0.3) is 5.91 Å². The van der Waals surface area contributed by atoms with Crippen LogP contribution in [-0.2, 0) is 11.3 Å². The minimum Gasteiger partial charge on any atom is -0.493 e. The van der Waals surface area contributed by atoms with Gasteiger partial charge in [-0.1, -0.05) is 29.8 Å². The monoisotopic (exact) mass is 494 g/mol. The van der Waals surface area contributed by atoms with Crippen LogP contribution in [0.3, 0.4) is 0 Å². The highest BCUT2D eigenvalue weighted by Crippen LogP contribution is 2.43. The highest BCUT2D eigenvalue weighted by atomic mass is 35.5. The van der Waals surface area contributed by atoms with E-state index in [1.807, 2.05) is 31.2 Å². The maximum atomic E-state index is 13.5. The summed E-state index contributed by atoms with van der Waals surface area (Å²) in [4.78, 5) is 32.9. The number of amides is 1. The van der Waals surface area contributed by atoms with Crippen molar-refractivity contribution in [1.29, 1.82) is 0 Å². The lowest BCUT2D eigenvalue weighted by atomic mass is 9.92. The molecule has 0 spiro atoms. The molecule has 0 saturated carbocycles. The number of pyridine rings is 1. The van der Waals surface area contributed by atoms with Crippen molar-refractivity contribution in [3.05, 3.63) is 82.1 Å². The van der Waals surface area contributed by atoms with E-state index in [9.17, 15) is 9.59 Å². The standard InChI is InChI=1S/C27H27ClN2O5/c1-16(21-10-9-19(28)14-29-21)23(31)13-22(30-15-17-7-5-6-8-20(17)27(30)32)18-11-24(33-2)26(35-4)25(12-18)34-3/h5-12,14,16,22H,13,15H2,1-4H3/t16-,22?/m0/s1. The van der Waals surface area contributed by atoms with Gasteiger partial charge in [-0.2, -0.15) is 0 Å². The van der Waals surface area contributed by atoms with Crippen LogP contribution in [0.15, 0.2) is 54.7 Å². The first-order valence-corrected chi connectivity index (χ1v) is 11.6. The molecule has 7 nitrogen and oxygen atoms in total. The fraction of sp³-hybridized carbons (Fsp3) is 0.296. The van der Waals surface area contributed by atoms with Crippen LogP contribution in [0, 0.1) is 0 Å². The Bertz CT molecular complexity index is 1220. The summed E-state index contributed by atoms with van der Waals surface area (Å²) < 4.78 is 16.5. The van der Waals surface area contributed by atoms with E-state index < -0.39 is 12.0 Å². The van der Waals surface area contributed by atoms with Crippen LogP contribution < -0.4 is 14.2 Å². The summed E-state index contributed by atoms with van der Waals surface area (Å²) in [7, 11) is 4.60.